The monoisotopic (exact) mass is 326 g/mol. The lowest BCUT2D eigenvalue weighted by Gasteiger charge is -2.04. The summed E-state index contributed by atoms with van der Waals surface area (Å²) < 4.78 is 26.1. The first-order valence-corrected chi connectivity index (χ1v) is 7.05. The molecule has 0 atom stereocenters. The van der Waals surface area contributed by atoms with Crippen LogP contribution in [0.15, 0.2) is 18.3 Å². The summed E-state index contributed by atoms with van der Waals surface area (Å²) in [6.07, 6.45) is 1.52. The molecule has 2 aromatic heterocycles. The molecule has 0 saturated carbocycles. The zero-order valence-corrected chi connectivity index (χ0v) is 12.6. The lowest BCUT2D eigenvalue weighted by Crippen LogP contribution is -2.13. The maximum absolute atomic E-state index is 13.1. The Morgan fingerprint density at radius 3 is 2.68 bits per heavy atom. The number of amides is 1. The maximum atomic E-state index is 13.1. The number of halogens is 2. The van der Waals surface area contributed by atoms with Crippen molar-refractivity contribution in [3.63, 3.8) is 0 Å². The van der Waals surface area contributed by atoms with Crippen molar-refractivity contribution in [1.82, 2.24) is 15.2 Å². The van der Waals surface area contributed by atoms with E-state index < -0.39 is 16.8 Å². The summed E-state index contributed by atoms with van der Waals surface area (Å²) in [6.45, 7) is 2.12. The number of carbonyl (C=O) groups excluding carboxylic acids is 2. The van der Waals surface area contributed by atoms with Crippen LogP contribution in [0.25, 0.3) is 0 Å². The van der Waals surface area contributed by atoms with Gasteiger partial charge in [0.2, 0.25) is 5.13 Å². The van der Waals surface area contributed by atoms with Gasteiger partial charge in [-0.05, 0) is 19.1 Å². The summed E-state index contributed by atoms with van der Waals surface area (Å²) in [7, 11) is 0. The number of anilines is 1. The van der Waals surface area contributed by atoms with Gasteiger partial charge in [-0.25, -0.2) is 0 Å². The van der Waals surface area contributed by atoms with Crippen LogP contribution in [0.2, 0.25) is 0 Å². The number of ketones is 1. The number of hydrogen-bond acceptors (Lipinski definition) is 6. The summed E-state index contributed by atoms with van der Waals surface area (Å²) in [5, 5.41) is 8.74. The molecule has 0 saturated heterocycles. The van der Waals surface area contributed by atoms with Gasteiger partial charge in [-0.15, -0.1) is 10.2 Å². The molecule has 2 aromatic rings. The molecule has 22 heavy (non-hydrogen) atoms. The van der Waals surface area contributed by atoms with Crippen molar-refractivity contribution >= 4 is 28.2 Å². The minimum absolute atomic E-state index is 0.0218. The van der Waals surface area contributed by atoms with Crippen LogP contribution in [0.4, 0.5) is 13.9 Å². The number of rotatable bonds is 5. The molecule has 116 valence electrons. The molecule has 0 unspecified atom stereocenters. The standard InChI is InChI=1S/C13H12F2N4O2S/c1-7(20)5-9-6-8(3-4-16-9)10(21)17-12-19-18-11(22-12)13(2,14)15/h3-4,6H,5H2,1-2H3,(H,17,19,21). The number of carbonyl (C=O) groups is 2. The van der Waals surface area contributed by atoms with Crippen LogP contribution in [-0.4, -0.2) is 26.9 Å². The Bertz CT molecular complexity index is 712. The topological polar surface area (TPSA) is 84.8 Å². The molecule has 2 heterocycles. The second-order valence-corrected chi connectivity index (χ2v) is 5.65. The van der Waals surface area contributed by atoms with Gasteiger partial charge in [0.1, 0.15) is 5.78 Å². The number of nitrogens with zero attached hydrogens (tertiary/aromatic N) is 3. The zero-order chi connectivity index (χ0) is 16.3. The van der Waals surface area contributed by atoms with Crippen LogP contribution in [-0.2, 0) is 17.1 Å². The largest absolute Gasteiger partial charge is 0.300 e. The van der Waals surface area contributed by atoms with Gasteiger partial charge in [0, 0.05) is 30.8 Å². The highest BCUT2D eigenvalue weighted by molar-refractivity contribution is 7.15. The molecule has 1 N–H and O–H groups in total. The molecule has 9 heteroatoms. The Morgan fingerprint density at radius 1 is 1.36 bits per heavy atom. The van der Waals surface area contributed by atoms with Crippen molar-refractivity contribution < 1.29 is 18.4 Å². The second-order valence-electron chi connectivity index (χ2n) is 4.67. The Hall–Kier alpha value is -2.29. The highest BCUT2D eigenvalue weighted by Crippen LogP contribution is 2.31. The molecule has 2 rings (SSSR count). The Kier molecular flexibility index (Phi) is 4.55. The fraction of sp³-hybridized carbons (Fsp3) is 0.308. The molecule has 0 aliphatic carbocycles. The van der Waals surface area contributed by atoms with Crippen LogP contribution < -0.4 is 5.32 Å². The predicted octanol–water partition coefficient (Wildman–Crippen LogP) is 2.43. The summed E-state index contributed by atoms with van der Waals surface area (Å²) in [4.78, 5) is 27.1. The SMILES string of the molecule is CC(=O)Cc1cc(C(=O)Nc2nnc(C(C)(F)F)s2)ccn1. The third kappa shape index (κ3) is 4.10. The molecular formula is C13H12F2N4O2S. The fourth-order valence-electron chi connectivity index (χ4n) is 1.59. The zero-order valence-electron chi connectivity index (χ0n) is 11.8. The lowest BCUT2D eigenvalue weighted by molar-refractivity contribution is -0.116. The predicted molar refractivity (Wildman–Crippen MR) is 76.1 cm³/mol. The van der Waals surface area contributed by atoms with Crippen LogP contribution in [0, 0.1) is 0 Å². The smallest absolute Gasteiger partial charge is 0.298 e. The number of aromatic nitrogens is 3. The van der Waals surface area contributed by atoms with Crippen molar-refractivity contribution in [1.29, 1.82) is 0 Å². The highest BCUT2D eigenvalue weighted by Gasteiger charge is 2.29. The molecular weight excluding hydrogens is 314 g/mol. The normalized spacial score (nSPS) is 11.3. The molecule has 0 bridgehead atoms. The first-order valence-electron chi connectivity index (χ1n) is 6.23. The summed E-state index contributed by atoms with van der Waals surface area (Å²) in [5.74, 6) is -3.72. The van der Waals surface area contributed by atoms with E-state index >= 15 is 0 Å². The van der Waals surface area contributed by atoms with E-state index in [-0.39, 0.29) is 22.9 Å². The average Bonchev–Trinajstić information content (AvgIpc) is 2.86. The number of hydrogen-bond donors (Lipinski definition) is 1. The van der Waals surface area contributed by atoms with Crippen molar-refractivity contribution in [2.75, 3.05) is 5.32 Å². The summed E-state index contributed by atoms with van der Waals surface area (Å²) in [6, 6.07) is 2.92. The van der Waals surface area contributed by atoms with Crippen LogP contribution >= 0.6 is 11.3 Å². The first-order chi connectivity index (χ1) is 10.3. The van der Waals surface area contributed by atoms with Gasteiger partial charge in [0.25, 0.3) is 11.8 Å². The van der Waals surface area contributed by atoms with Crippen molar-refractivity contribution in [3.05, 3.63) is 34.6 Å². The molecule has 0 spiro atoms. The van der Waals surface area contributed by atoms with Crippen molar-refractivity contribution in [2.24, 2.45) is 0 Å². The van der Waals surface area contributed by atoms with Gasteiger partial charge in [0.15, 0.2) is 5.01 Å². The molecule has 0 aliphatic rings. The quantitative estimate of drug-likeness (QED) is 0.912. The van der Waals surface area contributed by atoms with Crippen LogP contribution in [0.5, 0.6) is 0 Å². The fourth-order valence-corrected chi connectivity index (χ4v) is 2.26. The van der Waals surface area contributed by atoms with Gasteiger partial charge in [-0.1, -0.05) is 11.3 Å². The lowest BCUT2D eigenvalue weighted by atomic mass is 10.1. The highest BCUT2D eigenvalue weighted by atomic mass is 32.1. The number of pyridine rings is 1. The average molecular weight is 326 g/mol. The molecule has 0 fully saturated rings. The molecule has 1 amide bonds. The molecule has 0 aromatic carbocycles. The number of nitrogens with one attached hydrogen (secondary N) is 1. The Labute approximate surface area is 128 Å². The van der Waals surface area contributed by atoms with Gasteiger partial charge in [-0.2, -0.15) is 8.78 Å². The number of alkyl halides is 2. The van der Waals surface area contributed by atoms with E-state index in [2.05, 4.69) is 20.5 Å². The molecule has 6 nitrogen and oxygen atoms in total. The Balaban J connectivity index is 2.12. The van der Waals surface area contributed by atoms with Crippen molar-refractivity contribution in [2.45, 2.75) is 26.2 Å². The van der Waals surface area contributed by atoms with E-state index in [4.69, 9.17) is 0 Å². The summed E-state index contributed by atoms with van der Waals surface area (Å²) in [5.41, 5.74) is 0.712. The maximum Gasteiger partial charge on any atom is 0.298 e. The van der Waals surface area contributed by atoms with Crippen LogP contribution in [0.1, 0.15) is 34.9 Å². The Morgan fingerprint density at radius 2 is 2.09 bits per heavy atom. The van der Waals surface area contributed by atoms with E-state index in [0.717, 1.165) is 0 Å². The van der Waals surface area contributed by atoms with E-state index in [1.54, 1.807) is 0 Å². The molecule has 0 aliphatic heterocycles. The third-order valence-corrected chi connectivity index (χ3v) is 3.54. The van der Waals surface area contributed by atoms with Crippen molar-refractivity contribution in [3.8, 4) is 0 Å². The van der Waals surface area contributed by atoms with Crippen LogP contribution in [0.3, 0.4) is 0 Å². The van der Waals surface area contributed by atoms with E-state index in [1.165, 1.54) is 25.3 Å². The minimum Gasteiger partial charge on any atom is -0.300 e. The van der Waals surface area contributed by atoms with E-state index in [1.807, 2.05) is 0 Å². The first kappa shape index (κ1) is 16.1. The molecule has 0 radical (unpaired) electrons. The number of Topliss-reactive ketones (excluding diaryl/α,β-unsaturated/α-hetero) is 1. The van der Waals surface area contributed by atoms with Gasteiger partial charge >= 0.3 is 0 Å². The third-order valence-electron chi connectivity index (χ3n) is 2.53. The van der Waals surface area contributed by atoms with Gasteiger partial charge < -0.3 is 0 Å². The van der Waals surface area contributed by atoms with E-state index in [0.29, 0.717) is 24.0 Å². The second kappa shape index (κ2) is 6.22. The van der Waals surface area contributed by atoms with E-state index in [9.17, 15) is 18.4 Å². The van der Waals surface area contributed by atoms with Gasteiger partial charge in [-0.3, -0.25) is 19.9 Å². The summed E-state index contributed by atoms with van der Waals surface area (Å²) >= 11 is 0.604. The van der Waals surface area contributed by atoms with Gasteiger partial charge in [0.05, 0.1) is 0 Å². The minimum atomic E-state index is -3.11.